The summed E-state index contributed by atoms with van der Waals surface area (Å²) >= 11 is 0. The van der Waals surface area contributed by atoms with E-state index in [1.165, 1.54) is 6.07 Å². The molecule has 0 fully saturated rings. The lowest BCUT2D eigenvalue weighted by atomic mass is 10.0. The molecule has 3 aromatic rings. The molecule has 0 radical (unpaired) electrons. The molecule has 1 aromatic carbocycles. The van der Waals surface area contributed by atoms with Crippen LogP contribution in [0.4, 0.5) is 13.2 Å². The maximum atomic E-state index is 12.9. The molecule has 3 nitrogen and oxygen atoms in total. The van der Waals surface area contributed by atoms with Crippen molar-refractivity contribution < 1.29 is 17.7 Å². The third-order valence-electron chi connectivity index (χ3n) is 3.13. The van der Waals surface area contributed by atoms with Crippen molar-refractivity contribution in [1.29, 1.82) is 0 Å². The van der Waals surface area contributed by atoms with E-state index in [1.807, 2.05) is 0 Å². The van der Waals surface area contributed by atoms with E-state index in [0.717, 1.165) is 6.07 Å². The van der Waals surface area contributed by atoms with Gasteiger partial charge in [0, 0.05) is 17.2 Å². The van der Waals surface area contributed by atoms with Crippen molar-refractivity contribution in [1.82, 2.24) is 10.1 Å². The molecule has 0 amide bonds. The van der Waals surface area contributed by atoms with Gasteiger partial charge in [0.25, 0.3) is 0 Å². The first-order valence-corrected chi connectivity index (χ1v) is 6.52. The van der Waals surface area contributed by atoms with Gasteiger partial charge in [-0.05, 0) is 19.1 Å². The fourth-order valence-electron chi connectivity index (χ4n) is 2.12. The van der Waals surface area contributed by atoms with Gasteiger partial charge in [-0.3, -0.25) is 0 Å². The van der Waals surface area contributed by atoms with Crippen LogP contribution in [0.5, 0.6) is 0 Å². The van der Waals surface area contributed by atoms with E-state index in [-0.39, 0.29) is 5.69 Å². The average molecular weight is 304 g/mol. The monoisotopic (exact) mass is 304 g/mol. The molecule has 0 aliphatic carbocycles. The van der Waals surface area contributed by atoms with Gasteiger partial charge in [-0.1, -0.05) is 35.5 Å². The number of pyridine rings is 1. The fourth-order valence-corrected chi connectivity index (χ4v) is 2.12. The first-order valence-electron chi connectivity index (χ1n) is 6.52. The van der Waals surface area contributed by atoms with Gasteiger partial charge in [0.1, 0.15) is 5.69 Å². The Morgan fingerprint density at radius 2 is 1.73 bits per heavy atom. The molecule has 0 aliphatic heterocycles. The van der Waals surface area contributed by atoms with E-state index in [2.05, 4.69) is 10.1 Å². The third-order valence-corrected chi connectivity index (χ3v) is 3.13. The Morgan fingerprint density at radius 1 is 1.00 bits per heavy atom. The van der Waals surface area contributed by atoms with Gasteiger partial charge in [-0.15, -0.1) is 0 Å². The van der Waals surface area contributed by atoms with Crippen molar-refractivity contribution in [3.63, 3.8) is 0 Å². The Bertz CT molecular complexity index is 795. The molecule has 3 rings (SSSR count). The molecule has 0 spiro atoms. The molecule has 0 atom stereocenters. The summed E-state index contributed by atoms with van der Waals surface area (Å²) in [5.41, 5.74) is 0.976. The zero-order valence-corrected chi connectivity index (χ0v) is 11.6. The second-order valence-electron chi connectivity index (χ2n) is 4.79. The molecular formula is C16H11F3N2O. The number of rotatable bonds is 2. The minimum atomic E-state index is -4.50. The Kier molecular flexibility index (Phi) is 3.44. The zero-order chi connectivity index (χ0) is 15.7. The van der Waals surface area contributed by atoms with Crippen LogP contribution in [-0.4, -0.2) is 10.1 Å². The molecule has 0 aliphatic rings. The van der Waals surface area contributed by atoms with Crippen LogP contribution in [0.2, 0.25) is 0 Å². The quantitative estimate of drug-likeness (QED) is 0.687. The minimum absolute atomic E-state index is 0.214. The van der Waals surface area contributed by atoms with Gasteiger partial charge in [0.2, 0.25) is 0 Å². The molecule has 2 aromatic heterocycles. The summed E-state index contributed by atoms with van der Waals surface area (Å²) in [6.07, 6.45) is -4.50. The Hall–Kier alpha value is -2.63. The van der Waals surface area contributed by atoms with Crippen LogP contribution in [0.1, 0.15) is 11.4 Å². The maximum Gasteiger partial charge on any atom is 0.433 e. The van der Waals surface area contributed by atoms with Gasteiger partial charge < -0.3 is 4.52 Å². The smallest absolute Gasteiger partial charge is 0.356 e. The van der Waals surface area contributed by atoms with Crippen molar-refractivity contribution in [2.75, 3.05) is 0 Å². The summed E-state index contributed by atoms with van der Waals surface area (Å²) in [6, 6.07) is 12.6. The van der Waals surface area contributed by atoms with Crippen LogP contribution in [0, 0.1) is 6.92 Å². The summed E-state index contributed by atoms with van der Waals surface area (Å²) < 4.78 is 43.9. The summed E-state index contributed by atoms with van der Waals surface area (Å²) in [5.74, 6) is 0.387. The lowest BCUT2D eigenvalue weighted by Crippen LogP contribution is -2.08. The number of aromatic nitrogens is 2. The highest BCUT2D eigenvalue weighted by Gasteiger charge is 2.33. The van der Waals surface area contributed by atoms with Crippen LogP contribution < -0.4 is 0 Å². The molecule has 0 saturated heterocycles. The maximum absolute atomic E-state index is 12.9. The standard InChI is InChI=1S/C16H11F3N2O/c1-10-9-13(22-21-10)12-7-8-14(16(17,18)19)20-15(12)11-5-3-2-4-6-11/h2-9H,1H3. The van der Waals surface area contributed by atoms with Crippen molar-refractivity contribution in [2.45, 2.75) is 13.1 Å². The highest BCUT2D eigenvalue weighted by molar-refractivity contribution is 5.78. The van der Waals surface area contributed by atoms with Crippen molar-refractivity contribution in [2.24, 2.45) is 0 Å². The minimum Gasteiger partial charge on any atom is -0.356 e. The average Bonchev–Trinajstić information content (AvgIpc) is 2.93. The number of hydrogen-bond donors (Lipinski definition) is 0. The van der Waals surface area contributed by atoms with E-state index < -0.39 is 11.9 Å². The van der Waals surface area contributed by atoms with Crippen LogP contribution >= 0.6 is 0 Å². The third kappa shape index (κ3) is 2.72. The number of hydrogen-bond acceptors (Lipinski definition) is 3. The van der Waals surface area contributed by atoms with Gasteiger partial charge in [-0.2, -0.15) is 13.2 Å². The van der Waals surface area contributed by atoms with Crippen LogP contribution in [0.3, 0.4) is 0 Å². The molecule has 0 bridgehead atoms. The largest absolute Gasteiger partial charge is 0.433 e. The van der Waals surface area contributed by atoms with E-state index in [4.69, 9.17) is 4.52 Å². The number of alkyl halides is 3. The number of nitrogens with zero attached hydrogens (tertiary/aromatic N) is 2. The molecular weight excluding hydrogens is 293 g/mol. The Morgan fingerprint density at radius 3 is 2.32 bits per heavy atom. The molecule has 0 unspecified atom stereocenters. The van der Waals surface area contributed by atoms with Crippen LogP contribution in [0.25, 0.3) is 22.6 Å². The lowest BCUT2D eigenvalue weighted by Gasteiger charge is -2.11. The van der Waals surface area contributed by atoms with Crippen LogP contribution in [-0.2, 0) is 6.18 Å². The lowest BCUT2D eigenvalue weighted by molar-refractivity contribution is -0.141. The topological polar surface area (TPSA) is 38.9 Å². The van der Waals surface area contributed by atoms with Crippen molar-refractivity contribution in [3.8, 4) is 22.6 Å². The Balaban J connectivity index is 2.22. The summed E-state index contributed by atoms with van der Waals surface area (Å²) in [7, 11) is 0. The van der Waals surface area contributed by atoms with E-state index in [1.54, 1.807) is 43.3 Å². The van der Waals surface area contributed by atoms with Crippen molar-refractivity contribution >= 4 is 0 Å². The summed E-state index contributed by atoms with van der Waals surface area (Å²) in [4.78, 5) is 3.79. The molecule has 112 valence electrons. The van der Waals surface area contributed by atoms with Gasteiger partial charge in [0.15, 0.2) is 5.76 Å². The number of halogens is 3. The first-order chi connectivity index (χ1) is 10.4. The highest BCUT2D eigenvalue weighted by Crippen LogP contribution is 2.35. The predicted molar refractivity (Wildman–Crippen MR) is 74.9 cm³/mol. The van der Waals surface area contributed by atoms with E-state index in [0.29, 0.717) is 22.6 Å². The summed E-state index contributed by atoms with van der Waals surface area (Å²) in [6.45, 7) is 1.74. The van der Waals surface area contributed by atoms with Gasteiger partial charge in [0.05, 0.1) is 11.4 Å². The zero-order valence-electron chi connectivity index (χ0n) is 11.6. The number of benzene rings is 1. The second kappa shape index (κ2) is 5.29. The van der Waals surface area contributed by atoms with Gasteiger partial charge in [-0.25, -0.2) is 4.98 Å². The SMILES string of the molecule is Cc1cc(-c2ccc(C(F)(F)F)nc2-c2ccccc2)on1. The van der Waals surface area contributed by atoms with E-state index >= 15 is 0 Å². The summed E-state index contributed by atoms with van der Waals surface area (Å²) in [5, 5.41) is 3.77. The second-order valence-corrected chi connectivity index (χ2v) is 4.79. The molecule has 2 heterocycles. The predicted octanol–water partition coefficient (Wildman–Crippen LogP) is 4.73. The first kappa shape index (κ1) is 14.3. The van der Waals surface area contributed by atoms with Crippen molar-refractivity contribution in [3.05, 3.63) is 59.9 Å². The molecule has 6 heteroatoms. The molecule has 22 heavy (non-hydrogen) atoms. The van der Waals surface area contributed by atoms with E-state index in [9.17, 15) is 13.2 Å². The highest BCUT2D eigenvalue weighted by atomic mass is 19.4. The normalized spacial score (nSPS) is 11.6. The number of aryl methyl sites for hydroxylation is 1. The van der Waals surface area contributed by atoms with Gasteiger partial charge >= 0.3 is 6.18 Å². The fraction of sp³-hybridized carbons (Fsp3) is 0.125. The molecule has 0 N–H and O–H groups in total. The Labute approximate surface area is 124 Å². The molecule has 0 saturated carbocycles. The van der Waals surface area contributed by atoms with Crippen LogP contribution in [0.15, 0.2) is 53.1 Å².